The van der Waals surface area contributed by atoms with Gasteiger partial charge in [-0.3, -0.25) is 14.7 Å². The van der Waals surface area contributed by atoms with Crippen LogP contribution in [0.15, 0.2) is 34.0 Å². The number of piperazine rings is 1. The normalized spacial score (nSPS) is 21.9. The Balaban J connectivity index is 1.59. The van der Waals surface area contributed by atoms with E-state index in [1.165, 1.54) is 23.9 Å². The van der Waals surface area contributed by atoms with E-state index in [0.717, 1.165) is 6.07 Å². The van der Waals surface area contributed by atoms with E-state index in [-0.39, 0.29) is 16.5 Å². The van der Waals surface area contributed by atoms with Crippen molar-refractivity contribution < 1.29 is 13.6 Å². The molecule has 0 aliphatic carbocycles. The minimum Gasteiger partial charge on any atom is -0.352 e. The highest BCUT2D eigenvalue weighted by Gasteiger charge is 2.49. The number of thioether (sulfide) groups is 1. The first-order valence-electron chi connectivity index (χ1n) is 10.5. The van der Waals surface area contributed by atoms with E-state index < -0.39 is 22.9 Å². The lowest BCUT2D eigenvalue weighted by atomic mass is 9.88. The molecule has 2 saturated heterocycles. The molecule has 2 aromatic carbocycles. The molecule has 0 radical (unpaired) electrons. The minimum absolute atomic E-state index is 0.0747. The van der Waals surface area contributed by atoms with Crippen LogP contribution in [0.2, 0.25) is 5.02 Å². The number of β-lactam (4-membered cyclic amide) rings is 1. The van der Waals surface area contributed by atoms with Crippen LogP contribution in [0.3, 0.4) is 0 Å². The molecule has 3 aliphatic rings. The molecular weight excluding hydrogens is 472 g/mol. The van der Waals surface area contributed by atoms with Crippen LogP contribution in [-0.4, -0.2) is 52.9 Å². The Morgan fingerprint density at radius 3 is 2.76 bits per heavy atom. The standard InChI is InChI=1S/C22H18ClF2N5O2S/c23-14-8-13-17-18(16(14)12-2-1-11(24)7-15(12)25)33-6-5-30(17)21(32)28-19(13)29-4-3-27-22(10-29)9-26-20(22)31/h1-2,7-8,27H,3-6,9-10H2,(H,26,31). The van der Waals surface area contributed by atoms with Gasteiger partial charge in [-0.05, 0) is 18.2 Å². The van der Waals surface area contributed by atoms with Crippen molar-refractivity contribution in [3.63, 3.8) is 0 Å². The maximum Gasteiger partial charge on any atom is 0.350 e. The summed E-state index contributed by atoms with van der Waals surface area (Å²) in [4.78, 5) is 32.2. The summed E-state index contributed by atoms with van der Waals surface area (Å²) in [6.45, 7) is 2.47. The maximum atomic E-state index is 14.7. The van der Waals surface area contributed by atoms with Gasteiger partial charge in [-0.1, -0.05) is 11.6 Å². The molecule has 1 atom stereocenters. The van der Waals surface area contributed by atoms with Gasteiger partial charge in [0.15, 0.2) is 0 Å². The average Bonchev–Trinajstić information content (AvgIpc) is 2.81. The molecule has 2 N–H and O–H groups in total. The average molecular weight is 490 g/mol. The van der Waals surface area contributed by atoms with Crippen LogP contribution in [0.1, 0.15) is 0 Å². The summed E-state index contributed by atoms with van der Waals surface area (Å²) in [6, 6.07) is 5.07. The lowest BCUT2D eigenvalue weighted by molar-refractivity contribution is -0.135. The number of carbonyl (C=O) groups is 1. The molecule has 11 heteroatoms. The summed E-state index contributed by atoms with van der Waals surface area (Å²) < 4.78 is 29.8. The van der Waals surface area contributed by atoms with E-state index >= 15 is 0 Å². The molecule has 170 valence electrons. The summed E-state index contributed by atoms with van der Waals surface area (Å²) in [5, 5.41) is 7.00. The highest BCUT2D eigenvalue weighted by atomic mass is 35.5. The summed E-state index contributed by atoms with van der Waals surface area (Å²) >= 11 is 8.18. The Bertz CT molecular complexity index is 1410. The second-order valence-corrected chi connectivity index (χ2v) is 9.93. The van der Waals surface area contributed by atoms with Crippen LogP contribution in [-0.2, 0) is 11.3 Å². The minimum atomic E-state index is -0.720. The zero-order valence-corrected chi connectivity index (χ0v) is 18.8. The van der Waals surface area contributed by atoms with Gasteiger partial charge in [-0.25, -0.2) is 13.6 Å². The SMILES string of the molecule is O=C1NCC12CN(c1nc(=O)n3c4c(c(-c5ccc(F)cc5F)c(Cl)cc14)SCC3)CCN2. The Morgan fingerprint density at radius 1 is 1.18 bits per heavy atom. The van der Waals surface area contributed by atoms with E-state index in [4.69, 9.17) is 11.6 Å². The number of anilines is 1. The molecule has 4 heterocycles. The number of nitrogens with zero attached hydrogens (tertiary/aromatic N) is 3. The molecule has 7 nitrogen and oxygen atoms in total. The Hall–Kier alpha value is -2.69. The number of benzene rings is 2. The fourth-order valence-corrected chi connectivity index (χ4v) is 6.41. The largest absolute Gasteiger partial charge is 0.352 e. The number of amides is 1. The molecule has 1 unspecified atom stereocenters. The molecular formula is C22H18ClF2N5O2S. The number of rotatable bonds is 2. The van der Waals surface area contributed by atoms with Crippen molar-refractivity contribution in [2.24, 2.45) is 0 Å². The topological polar surface area (TPSA) is 79.3 Å². The Labute approximate surface area is 196 Å². The van der Waals surface area contributed by atoms with Crippen molar-refractivity contribution in [3.05, 3.63) is 51.4 Å². The quantitative estimate of drug-likeness (QED) is 0.538. The van der Waals surface area contributed by atoms with Crippen LogP contribution >= 0.6 is 23.4 Å². The Morgan fingerprint density at radius 2 is 2.03 bits per heavy atom. The highest BCUT2D eigenvalue weighted by molar-refractivity contribution is 7.99. The van der Waals surface area contributed by atoms with Gasteiger partial charge >= 0.3 is 5.69 Å². The van der Waals surface area contributed by atoms with E-state index in [0.29, 0.717) is 65.7 Å². The summed E-state index contributed by atoms with van der Waals surface area (Å²) in [5.41, 5.74) is 0.146. The van der Waals surface area contributed by atoms with Gasteiger partial charge in [0.05, 0.1) is 10.5 Å². The third-order valence-corrected chi connectivity index (χ3v) is 7.87. The zero-order chi connectivity index (χ0) is 22.9. The number of aromatic nitrogens is 2. The molecule has 1 aromatic heterocycles. The van der Waals surface area contributed by atoms with Gasteiger partial charge in [0.25, 0.3) is 0 Å². The number of carbonyl (C=O) groups excluding carboxylic acids is 1. The number of hydrogen-bond donors (Lipinski definition) is 2. The highest BCUT2D eigenvalue weighted by Crippen LogP contribution is 2.46. The van der Waals surface area contributed by atoms with Gasteiger partial charge in [0.1, 0.15) is 23.0 Å². The predicted molar refractivity (Wildman–Crippen MR) is 123 cm³/mol. The molecule has 2 fully saturated rings. The summed E-state index contributed by atoms with van der Waals surface area (Å²) in [7, 11) is 0. The second kappa shape index (κ2) is 7.41. The van der Waals surface area contributed by atoms with Crippen molar-refractivity contribution in [2.75, 3.05) is 36.8 Å². The fourth-order valence-electron chi connectivity index (χ4n) is 4.85. The molecule has 1 spiro atoms. The number of halogens is 3. The first-order chi connectivity index (χ1) is 15.9. The first-order valence-corrected chi connectivity index (χ1v) is 11.9. The van der Waals surface area contributed by atoms with Crippen LogP contribution in [0, 0.1) is 11.6 Å². The Kier molecular flexibility index (Phi) is 4.69. The monoisotopic (exact) mass is 489 g/mol. The van der Waals surface area contributed by atoms with Crippen molar-refractivity contribution in [3.8, 4) is 11.1 Å². The van der Waals surface area contributed by atoms with Gasteiger partial charge in [0, 0.05) is 66.0 Å². The number of aryl methyl sites for hydroxylation is 1. The first kappa shape index (κ1) is 20.9. The molecule has 0 saturated carbocycles. The van der Waals surface area contributed by atoms with Crippen LogP contribution in [0.5, 0.6) is 0 Å². The molecule has 3 aromatic rings. The van der Waals surface area contributed by atoms with Crippen molar-refractivity contribution in [2.45, 2.75) is 17.0 Å². The van der Waals surface area contributed by atoms with E-state index in [1.807, 2.05) is 4.90 Å². The predicted octanol–water partition coefficient (Wildman–Crippen LogP) is 2.38. The summed E-state index contributed by atoms with van der Waals surface area (Å²) in [6.07, 6.45) is 0. The lowest BCUT2D eigenvalue weighted by Crippen LogP contribution is -2.78. The smallest absolute Gasteiger partial charge is 0.350 e. The number of nitrogens with one attached hydrogen (secondary N) is 2. The van der Waals surface area contributed by atoms with Gasteiger partial charge in [0.2, 0.25) is 5.91 Å². The molecule has 0 bridgehead atoms. The van der Waals surface area contributed by atoms with Gasteiger partial charge < -0.3 is 10.2 Å². The van der Waals surface area contributed by atoms with Crippen molar-refractivity contribution in [1.29, 1.82) is 0 Å². The molecule has 1 amide bonds. The molecule has 6 rings (SSSR count). The third kappa shape index (κ3) is 3.08. The molecule has 33 heavy (non-hydrogen) atoms. The van der Waals surface area contributed by atoms with Crippen LogP contribution < -0.4 is 21.2 Å². The van der Waals surface area contributed by atoms with Crippen molar-refractivity contribution >= 4 is 46.0 Å². The number of hydrogen-bond acceptors (Lipinski definition) is 6. The maximum absolute atomic E-state index is 14.7. The fraction of sp³-hybridized carbons (Fsp3) is 0.318. The van der Waals surface area contributed by atoms with E-state index in [1.54, 1.807) is 10.6 Å². The lowest BCUT2D eigenvalue weighted by Gasteiger charge is -2.48. The van der Waals surface area contributed by atoms with E-state index in [9.17, 15) is 18.4 Å². The van der Waals surface area contributed by atoms with Gasteiger partial charge in [-0.2, -0.15) is 4.98 Å². The van der Waals surface area contributed by atoms with E-state index in [2.05, 4.69) is 15.6 Å². The molecule has 3 aliphatic heterocycles. The second-order valence-electron chi connectivity index (χ2n) is 8.41. The summed E-state index contributed by atoms with van der Waals surface area (Å²) in [5.74, 6) is -0.416. The van der Waals surface area contributed by atoms with Crippen LogP contribution in [0.25, 0.3) is 22.0 Å². The third-order valence-electron chi connectivity index (χ3n) is 6.50. The van der Waals surface area contributed by atoms with Crippen LogP contribution in [0.4, 0.5) is 14.6 Å². The van der Waals surface area contributed by atoms with Gasteiger partial charge in [-0.15, -0.1) is 11.8 Å². The van der Waals surface area contributed by atoms with Crippen molar-refractivity contribution in [1.82, 2.24) is 20.2 Å². The zero-order valence-electron chi connectivity index (χ0n) is 17.3.